The summed E-state index contributed by atoms with van der Waals surface area (Å²) in [6.45, 7) is 3.57. The number of nitrogens with one attached hydrogen (secondary N) is 1. The van der Waals surface area contributed by atoms with Crippen molar-refractivity contribution in [3.05, 3.63) is 6.92 Å². The quantitative estimate of drug-likeness (QED) is 0.372. The number of carbonyl (C=O) groups is 2. The third-order valence-corrected chi connectivity index (χ3v) is 1.94. The first kappa shape index (κ1) is 16.8. The number of unbranched alkanes of at least 4 members (excludes halogenated alkanes) is 1. The van der Waals surface area contributed by atoms with Crippen molar-refractivity contribution >= 4 is 20.8 Å². The van der Waals surface area contributed by atoms with Gasteiger partial charge in [-0.3, -0.25) is 15.1 Å². The molecule has 14 heavy (non-hydrogen) atoms. The number of rotatable bonds is 6. The van der Waals surface area contributed by atoms with Crippen molar-refractivity contribution in [3.63, 3.8) is 0 Å². The number of hydrogen-bond acceptors (Lipinski definition) is 3. The van der Waals surface area contributed by atoms with Crippen LogP contribution in [0.2, 0.25) is 0 Å². The molecule has 5 nitrogen and oxygen atoms in total. The van der Waals surface area contributed by atoms with E-state index in [2.05, 4.69) is 12.0 Å². The number of aliphatic carboxylic acids is 1. The number of carbonyl (C=O) groups excluding carboxylic acids is 1. The number of amides is 1. The zero-order chi connectivity index (χ0) is 10.3. The maximum Gasteiger partial charge on any atom is 0.316 e. The Balaban J connectivity index is 0. The largest absolute Gasteiger partial charge is 0.481 e. The van der Waals surface area contributed by atoms with E-state index in [0.29, 0.717) is 19.3 Å². The Morgan fingerprint density at radius 2 is 2.14 bits per heavy atom. The predicted molar refractivity (Wildman–Crippen MR) is 51.0 cm³/mol. The fourth-order valence-electron chi connectivity index (χ4n) is 0.873. The summed E-state index contributed by atoms with van der Waals surface area (Å²) in [6, 6.07) is 0. The first-order valence-corrected chi connectivity index (χ1v) is 4.98. The zero-order valence-corrected chi connectivity index (χ0v) is 11.7. The Hall–Kier alpha value is 0.434. The second-order valence-corrected chi connectivity index (χ2v) is 3.06. The molecule has 0 heterocycles. The topological polar surface area (TPSA) is 92.4 Å². The number of nitrogens with two attached hydrogens (primary N) is 1. The summed E-state index contributed by atoms with van der Waals surface area (Å²) in [5.74, 6) is -2.61. The SMILES string of the molecule is [CH2-]CCCC(C(=O)O)C(=O)NPN.[Y]. The number of carboxylic acids is 1. The van der Waals surface area contributed by atoms with Gasteiger partial charge in [-0.15, -0.1) is 0 Å². The van der Waals surface area contributed by atoms with Crippen LogP contribution in [0, 0.1) is 12.8 Å². The summed E-state index contributed by atoms with van der Waals surface area (Å²) < 4.78 is 0. The van der Waals surface area contributed by atoms with Gasteiger partial charge in [0.25, 0.3) is 0 Å². The molecule has 0 aromatic heterocycles. The smallest absolute Gasteiger partial charge is 0.316 e. The van der Waals surface area contributed by atoms with E-state index in [0.717, 1.165) is 0 Å². The molecule has 0 aromatic carbocycles. The van der Waals surface area contributed by atoms with E-state index in [9.17, 15) is 9.59 Å². The summed E-state index contributed by atoms with van der Waals surface area (Å²) in [4.78, 5) is 21.7. The van der Waals surface area contributed by atoms with Gasteiger partial charge in [0, 0.05) is 41.6 Å². The second kappa shape index (κ2) is 9.97. The molecular weight excluding hydrogens is 280 g/mol. The fraction of sp³-hybridized carbons (Fsp3) is 0.571. The molecule has 0 aromatic rings. The van der Waals surface area contributed by atoms with Crippen LogP contribution >= 0.6 is 8.88 Å². The second-order valence-electron chi connectivity index (χ2n) is 2.52. The third-order valence-electron chi connectivity index (χ3n) is 1.55. The molecule has 0 fully saturated rings. The molecule has 0 spiro atoms. The predicted octanol–water partition coefficient (Wildman–Crippen LogP) is 0.272. The van der Waals surface area contributed by atoms with Crippen molar-refractivity contribution in [1.29, 1.82) is 0 Å². The van der Waals surface area contributed by atoms with Crippen molar-refractivity contribution in [1.82, 2.24) is 5.09 Å². The summed E-state index contributed by atoms with van der Waals surface area (Å²) >= 11 is 0. The molecular formula is C7H14N2O3PY-. The average molecular weight is 294 g/mol. The fourth-order valence-corrected chi connectivity index (χ4v) is 1.19. The monoisotopic (exact) mass is 294 g/mol. The van der Waals surface area contributed by atoms with Gasteiger partial charge in [-0.1, -0.05) is 6.42 Å². The van der Waals surface area contributed by atoms with Crippen molar-refractivity contribution in [3.8, 4) is 0 Å². The van der Waals surface area contributed by atoms with Crippen LogP contribution in [-0.2, 0) is 42.3 Å². The van der Waals surface area contributed by atoms with Crippen LogP contribution in [0.5, 0.6) is 0 Å². The zero-order valence-electron chi connectivity index (χ0n) is 7.82. The van der Waals surface area contributed by atoms with E-state index in [1.54, 1.807) is 0 Å². The van der Waals surface area contributed by atoms with E-state index < -0.39 is 17.8 Å². The maximum atomic E-state index is 11.1. The molecule has 0 rings (SSSR count). The standard InChI is InChI=1S/C7H14N2O3P.Y/c1-2-3-4-5(7(11)12)6(10)9-13-8;/h5,13H,1-4,8H2,(H,9,10)(H,11,12);/q-1;. The molecule has 2 atom stereocenters. The molecule has 0 saturated heterocycles. The minimum absolute atomic E-state index is 0. The average Bonchev–Trinajstić information content (AvgIpc) is 2.05. The van der Waals surface area contributed by atoms with Crippen LogP contribution in [0.1, 0.15) is 19.3 Å². The van der Waals surface area contributed by atoms with Gasteiger partial charge in [-0.2, -0.15) is 6.42 Å². The van der Waals surface area contributed by atoms with Gasteiger partial charge in [0.05, 0.1) is 0 Å². The summed E-state index contributed by atoms with van der Waals surface area (Å²) in [7, 11) is -0.250. The molecule has 0 aliphatic heterocycles. The maximum absolute atomic E-state index is 11.1. The van der Waals surface area contributed by atoms with E-state index in [1.165, 1.54) is 0 Å². The van der Waals surface area contributed by atoms with Gasteiger partial charge in [-0.05, 0) is 6.42 Å². The Kier molecular flexibility index (Phi) is 12.0. The Morgan fingerprint density at radius 3 is 2.50 bits per heavy atom. The summed E-state index contributed by atoms with van der Waals surface area (Å²) in [5.41, 5.74) is 5.09. The molecule has 0 aliphatic rings. The Morgan fingerprint density at radius 1 is 1.57 bits per heavy atom. The Bertz CT molecular complexity index is 192. The summed E-state index contributed by atoms with van der Waals surface area (Å²) in [6.07, 6.45) is 1.56. The minimum Gasteiger partial charge on any atom is -0.481 e. The van der Waals surface area contributed by atoms with Gasteiger partial charge in [-0.25, -0.2) is 0 Å². The molecule has 0 aliphatic carbocycles. The molecule has 79 valence electrons. The minimum atomic E-state index is -1.11. The molecule has 0 bridgehead atoms. The van der Waals surface area contributed by atoms with Gasteiger partial charge in [0.1, 0.15) is 5.92 Å². The van der Waals surface area contributed by atoms with E-state index in [4.69, 9.17) is 10.6 Å². The van der Waals surface area contributed by atoms with E-state index in [1.807, 2.05) is 0 Å². The molecule has 0 saturated carbocycles. The first-order valence-electron chi connectivity index (χ1n) is 3.91. The molecule has 1 amide bonds. The first-order chi connectivity index (χ1) is 6.13. The third kappa shape index (κ3) is 6.82. The van der Waals surface area contributed by atoms with Crippen molar-refractivity contribution in [2.75, 3.05) is 0 Å². The van der Waals surface area contributed by atoms with Gasteiger partial charge >= 0.3 is 5.97 Å². The molecule has 1 radical (unpaired) electrons. The van der Waals surface area contributed by atoms with Crippen LogP contribution < -0.4 is 10.6 Å². The van der Waals surface area contributed by atoms with Crippen LogP contribution in [-0.4, -0.2) is 17.0 Å². The number of hydrogen-bond donors (Lipinski definition) is 3. The van der Waals surface area contributed by atoms with Crippen LogP contribution in [0.15, 0.2) is 0 Å². The van der Waals surface area contributed by atoms with Crippen molar-refractivity contribution in [2.24, 2.45) is 11.4 Å². The van der Waals surface area contributed by atoms with Gasteiger partial charge in [0.15, 0.2) is 0 Å². The Labute approximate surface area is 110 Å². The van der Waals surface area contributed by atoms with E-state index in [-0.39, 0.29) is 41.6 Å². The van der Waals surface area contributed by atoms with Gasteiger partial charge in [0.2, 0.25) is 5.91 Å². The van der Waals surface area contributed by atoms with Gasteiger partial charge < -0.3 is 17.1 Å². The van der Waals surface area contributed by atoms with E-state index >= 15 is 0 Å². The van der Waals surface area contributed by atoms with Crippen LogP contribution in [0.3, 0.4) is 0 Å². The molecule has 2 unspecified atom stereocenters. The molecule has 4 N–H and O–H groups in total. The summed E-state index contributed by atoms with van der Waals surface area (Å²) in [5, 5.41) is 11.0. The normalized spacial score (nSPS) is 12.1. The van der Waals surface area contributed by atoms with Crippen LogP contribution in [0.25, 0.3) is 0 Å². The number of carboxylic acid groups (broad SMARTS) is 1. The van der Waals surface area contributed by atoms with Crippen LogP contribution in [0.4, 0.5) is 0 Å². The molecule has 7 heteroatoms. The van der Waals surface area contributed by atoms with Crippen molar-refractivity contribution in [2.45, 2.75) is 19.3 Å². The van der Waals surface area contributed by atoms with Crippen molar-refractivity contribution < 1.29 is 47.4 Å².